The van der Waals surface area contributed by atoms with Crippen molar-refractivity contribution < 1.29 is 14.7 Å². The van der Waals surface area contributed by atoms with Gasteiger partial charge in [0.15, 0.2) is 0 Å². The van der Waals surface area contributed by atoms with E-state index in [9.17, 15) is 14.7 Å². The molecule has 0 spiro atoms. The third kappa shape index (κ3) is 3.62. The number of amides is 2. The lowest BCUT2D eigenvalue weighted by Gasteiger charge is -2.63. The molecule has 0 aromatic carbocycles. The zero-order chi connectivity index (χ0) is 20.1. The Bertz CT molecular complexity index is 617. The fraction of sp³-hybridized carbons (Fsp3) is 0.917. The maximum atomic E-state index is 13.5. The van der Waals surface area contributed by atoms with Crippen molar-refractivity contribution in [3.8, 4) is 0 Å². The van der Waals surface area contributed by atoms with Crippen LogP contribution in [0.4, 0.5) is 0 Å². The van der Waals surface area contributed by atoms with E-state index >= 15 is 0 Å². The monoisotopic (exact) mass is 402 g/mol. The quantitative estimate of drug-likeness (QED) is 0.672. The van der Waals surface area contributed by atoms with E-state index in [2.05, 4.69) is 10.6 Å². The van der Waals surface area contributed by atoms with Crippen LogP contribution in [0.15, 0.2) is 0 Å². The van der Waals surface area contributed by atoms with Crippen LogP contribution in [0, 0.1) is 16.7 Å². The third-order valence-electron chi connectivity index (χ3n) is 8.88. The van der Waals surface area contributed by atoms with Gasteiger partial charge >= 0.3 is 0 Å². The topological polar surface area (TPSA) is 78.4 Å². The second-order valence-electron chi connectivity index (χ2n) is 11.4. The van der Waals surface area contributed by atoms with E-state index in [0.717, 1.165) is 44.9 Å². The highest BCUT2D eigenvalue weighted by Gasteiger charge is 2.67. The Balaban J connectivity index is 1.35. The molecule has 3 N–H and O–H groups in total. The van der Waals surface area contributed by atoms with E-state index < -0.39 is 16.4 Å². The van der Waals surface area contributed by atoms with Crippen LogP contribution in [0.1, 0.15) is 103 Å². The fourth-order valence-corrected chi connectivity index (χ4v) is 8.06. The van der Waals surface area contributed by atoms with E-state index in [0.29, 0.717) is 25.2 Å². The highest BCUT2D eigenvalue weighted by Crippen LogP contribution is 2.66. The van der Waals surface area contributed by atoms with Crippen molar-refractivity contribution in [3.05, 3.63) is 0 Å². The van der Waals surface area contributed by atoms with Gasteiger partial charge in [-0.25, -0.2) is 0 Å². The van der Waals surface area contributed by atoms with Crippen LogP contribution in [-0.4, -0.2) is 34.6 Å². The van der Waals surface area contributed by atoms with Gasteiger partial charge in [0.25, 0.3) is 0 Å². The summed E-state index contributed by atoms with van der Waals surface area (Å²) in [6.07, 6.45) is 15.8. The van der Waals surface area contributed by atoms with Crippen LogP contribution in [0.3, 0.4) is 0 Å². The van der Waals surface area contributed by atoms with Crippen LogP contribution in [0.5, 0.6) is 0 Å². The number of hydrogen-bond acceptors (Lipinski definition) is 3. The molecule has 5 heteroatoms. The summed E-state index contributed by atoms with van der Waals surface area (Å²) in [5.41, 5.74) is -1.93. The minimum atomic E-state index is -0.840. The molecule has 6 rings (SSSR count). The van der Waals surface area contributed by atoms with Gasteiger partial charge < -0.3 is 15.7 Å². The van der Waals surface area contributed by atoms with Gasteiger partial charge in [0, 0.05) is 12.1 Å². The van der Waals surface area contributed by atoms with E-state index in [1.54, 1.807) is 0 Å². The highest BCUT2D eigenvalue weighted by molar-refractivity contribution is 5.88. The summed E-state index contributed by atoms with van der Waals surface area (Å²) in [5, 5.41) is 18.1. The summed E-state index contributed by atoms with van der Waals surface area (Å²) in [6, 6.07) is 0.567. The van der Waals surface area contributed by atoms with Crippen molar-refractivity contribution in [2.45, 2.75) is 120 Å². The molecule has 4 bridgehead atoms. The first-order valence-corrected chi connectivity index (χ1v) is 12.2. The molecule has 162 valence electrons. The van der Waals surface area contributed by atoms with Crippen LogP contribution in [0.25, 0.3) is 0 Å². The van der Waals surface area contributed by atoms with E-state index in [-0.39, 0.29) is 23.9 Å². The maximum Gasteiger partial charge on any atom is 0.226 e. The molecule has 0 heterocycles. The van der Waals surface area contributed by atoms with Gasteiger partial charge in [0.05, 0.1) is 16.4 Å². The average molecular weight is 403 g/mol. The van der Waals surface area contributed by atoms with Crippen molar-refractivity contribution in [1.82, 2.24) is 10.6 Å². The van der Waals surface area contributed by atoms with Gasteiger partial charge in [0.2, 0.25) is 11.8 Å². The zero-order valence-electron chi connectivity index (χ0n) is 17.8. The fourth-order valence-electron chi connectivity index (χ4n) is 8.06. The summed E-state index contributed by atoms with van der Waals surface area (Å²) in [7, 11) is 0. The lowest BCUT2D eigenvalue weighted by atomic mass is 9.42. The molecule has 2 amide bonds. The second kappa shape index (κ2) is 7.25. The molecule has 5 nitrogen and oxygen atoms in total. The molecule has 0 aliphatic heterocycles. The van der Waals surface area contributed by atoms with Crippen LogP contribution in [-0.2, 0) is 9.59 Å². The normalized spacial score (nSPS) is 42.6. The summed E-state index contributed by atoms with van der Waals surface area (Å²) in [4.78, 5) is 27.0. The summed E-state index contributed by atoms with van der Waals surface area (Å²) in [6.45, 7) is 0. The number of rotatable bonds is 4. The van der Waals surface area contributed by atoms with Gasteiger partial charge in [-0.3, -0.25) is 9.59 Å². The first-order chi connectivity index (χ1) is 13.9. The first-order valence-electron chi connectivity index (χ1n) is 12.2. The number of aliphatic hydroxyl groups is 1. The standard InChI is InChI=1S/C24H38N2O3/c27-20(25-18-7-3-1-4-8-18)22-11-17-12-23(14-22,16-24(29,13-17)15-22)21(28)26-19-9-5-2-6-10-19/h17-19,29H,1-16H2,(H,25,27)(H,26,28). The molecular weight excluding hydrogens is 364 g/mol. The molecule has 0 radical (unpaired) electrons. The SMILES string of the molecule is O=C(NC1CCCCC1)C12CC3CC(O)(C1)CC(C(=O)NC1CCCCC1)(C3)C2. The highest BCUT2D eigenvalue weighted by atomic mass is 16.3. The van der Waals surface area contributed by atoms with E-state index in [4.69, 9.17) is 0 Å². The molecule has 0 aromatic heterocycles. The minimum Gasteiger partial charge on any atom is -0.390 e. The van der Waals surface area contributed by atoms with Gasteiger partial charge in [-0.05, 0) is 70.1 Å². The smallest absolute Gasteiger partial charge is 0.226 e. The molecular formula is C24H38N2O3. The van der Waals surface area contributed by atoms with Crippen molar-refractivity contribution in [3.63, 3.8) is 0 Å². The Hall–Kier alpha value is -1.10. The number of carbonyl (C=O) groups excluding carboxylic acids is 2. The maximum absolute atomic E-state index is 13.5. The number of nitrogens with one attached hydrogen (secondary N) is 2. The van der Waals surface area contributed by atoms with Gasteiger partial charge in [-0.2, -0.15) is 0 Å². The molecule has 6 fully saturated rings. The van der Waals surface area contributed by atoms with Gasteiger partial charge in [-0.15, -0.1) is 0 Å². The second-order valence-corrected chi connectivity index (χ2v) is 11.4. The molecule has 0 saturated heterocycles. The molecule has 29 heavy (non-hydrogen) atoms. The number of hydrogen-bond donors (Lipinski definition) is 3. The van der Waals surface area contributed by atoms with Crippen LogP contribution in [0.2, 0.25) is 0 Å². The van der Waals surface area contributed by atoms with Crippen molar-refractivity contribution in [2.24, 2.45) is 16.7 Å². The first kappa shape index (κ1) is 19.8. The Morgan fingerprint density at radius 2 is 1.10 bits per heavy atom. The summed E-state index contributed by atoms with van der Waals surface area (Å²) < 4.78 is 0. The molecule has 2 unspecified atom stereocenters. The Kier molecular flexibility index (Phi) is 4.96. The molecule has 6 aliphatic rings. The largest absolute Gasteiger partial charge is 0.390 e. The Morgan fingerprint density at radius 1 is 0.655 bits per heavy atom. The lowest BCUT2D eigenvalue weighted by Crippen LogP contribution is -2.67. The molecule has 6 saturated carbocycles. The van der Waals surface area contributed by atoms with Gasteiger partial charge in [-0.1, -0.05) is 38.5 Å². The van der Waals surface area contributed by atoms with Crippen molar-refractivity contribution >= 4 is 11.8 Å². The van der Waals surface area contributed by atoms with E-state index in [1.807, 2.05) is 0 Å². The van der Waals surface area contributed by atoms with Crippen molar-refractivity contribution in [2.75, 3.05) is 0 Å². The summed E-state index contributed by atoms with van der Waals surface area (Å²) in [5.74, 6) is 0.550. The summed E-state index contributed by atoms with van der Waals surface area (Å²) >= 11 is 0. The number of carbonyl (C=O) groups is 2. The van der Waals surface area contributed by atoms with Gasteiger partial charge in [0.1, 0.15) is 0 Å². The predicted molar refractivity (Wildman–Crippen MR) is 111 cm³/mol. The molecule has 2 atom stereocenters. The zero-order valence-corrected chi connectivity index (χ0v) is 17.8. The Morgan fingerprint density at radius 3 is 1.52 bits per heavy atom. The Labute approximate surface area is 174 Å². The van der Waals surface area contributed by atoms with Crippen molar-refractivity contribution in [1.29, 1.82) is 0 Å². The average Bonchev–Trinajstić information content (AvgIpc) is 2.68. The third-order valence-corrected chi connectivity index (χ3v) is 8.88. The molecule has 6 aliphatic carbocycles. The molecule has 0 aromatic rings. The predicted octanol–water partition coefficient (Wildman–Crippen LogP) is 3.59. The lowest BCUT2D eigenvalue weighted by molar-refractivity contribution is -0.206. The van der Waals surface area contributed by atoms with Crippen LogP contribution < -0.4 is 10.6 Å². The van der Waals surface area contributed by atoms with E-state index in [1.165, 1.54) is 38.5 Å². The minimum absolute atomic E-state index is 0.127. The van der Waals surface area contributed by atoms with Crippen LogP contribution >= 0.6 is 0 Å².